The third kappa shape index (κ3) is 4.49. The largest absolute Gasteiger partial charge is 0.332 e. The van der Waals surface area contributed by atoms with Gasteiger partial charge in [0.25, 0.3) is 5.91 Å². The molecular formula is C21H16BrN5OS. The number of carbonyl (C=O) groups excluding carboxylic acids is 1. The Labute approximate surface area is 181 Å². The lowest BCUT2D eigenvalue weighted by molar-refractivity contribution is 0.0977. The number of hydrogen-bond donors (Lipinski definition) is 2. The number of aromatic nitrogens is 3. The number of hydrogen-bond acceptors (Lipinski definition) is 4. The van der Waals surface area contributed by atoms with E-state index in [-0.39, 0.29) is 11.0 Å². The van der Waals surface area contributed by atoms with Crippen molar-refractivity contribution < 1.29 is 4.79 Å². The maximum absolute atomic E-state index is 12.3. The molecule has 0 spiro atoms. The third-order valence-corrected chi connectivity index (χ3v) is 4.97. The lowest BCUT2D eigenvalue weighted by Crippen LogP contribution is -2.34. The topological polar surface area (TPSA) is 71.8 Å². The maximum Gasteiger partial charge on any atom is 0.257 e. The van der Waals surface area contributed by atoms with Gasteiger partial charge in [0.15, 0.2) is 5.11 Å². The molecule has 0 saturated carbocycles. The van der Waals surface area contributed by atoms with Gasteiger partial charge in [0, 0.05) is 15.7 Å². The van der Waals surface area contributed by atoms with Gasteiger partial charge in [0.1, 0.15) is 11.0 Å². The highest BCUT2D eigenvalue weighted by atomic mass is 79.9. The summed E-state index contributed by atoms with van der Waals surface area (Å²) in [5.41, 5.74) is 4.79. The van der Waals surface area contributed by atoms with Crippen LogP contribution in [0.1, 0.15) is 15.9 Å². The first-order chi connectivity index (χ1) is 14.0. The van der Waals surface area contributed by atoms with E-state index in [1.807, 2.05) is 49.4 Å². The van der Waals surface area contributed by atoms with Crippen molar-refractivity contribution in [2.24, 2.45) is 0 Å². The van der Waals surface area contributed by atoms with Gasteiger partial charge in [-0.15, -0.1) is 10.2 Å². The molecule has 0 bridgehead atoms. The average Bonchev–Trinajstić information content (AvgIpc) is 3.12. The van der Waals surface area contributed by atoms with Crippen LogP contribution in [0.25, 0.3) is 16.7 Å². The van der Waals surface area contributed by atoms with E-state index < -0.39 is 0 Å². The van der Waals surface area contributed by atoms with Gasteiger partial charge in [-0.25, -0.2) is 0 Å². The molecular weight excluding hydrogens is 450 g/mol. The summed E-state index contributed by atoms with van der Waals surface area (Å²) >= 11 is 8.61. The monoisotopic (exact) mass is 465 g/mol. The number of amides is 1. The predicted molar refractivity (Wildman–Crippen MR) is 121 cm³/mol. The van der Waals surface area contributed by atoms with Crippen LogP contribution in [0, 0.1) is 6.92 Å². The predicted octanol–water partition coefficient (Wildman–Crippen LogP) is 4.62. The molecule has 4 rings (SSSR count). The SMILES string of the molecule is Cc1ccc(-n2nc3ccc(NC(=S)NC(=O)c4ccc(Br)cc4)cc3n2)cc1. The van der Waals surface area contributed by atoms with E-state index in [9.17, 15) is 4.79 Å². The number of benzene rings is 3. The number of nitrogens with zero attached hydrogens (tertiary/aromatic N) is 3. The van der Waals surface area contributed by atoms with Crippen LogP contribution >= 0.6 is 28.1 Å². The molecule has 0 aliphatic heterocycles. The van der Waals surface area contributed by atoms with Gasteiger partial charge in [-0.2, -0.15) is 4.80 Å². The normalized spacial score (nSPS) is 10.7. The van der Waals surface area contributed by atoms with Gasteiger partial charge in [0.2, 0.25) is 0 Å². The second kappa shape index (κ2) is 8.10. The van der Waals surface area contributed by atoms with Crippen LogP contribution in [-0.2, 0) is 0 Å². The average molecular weight is 466 g/mol. The van der Waals surface area contributed by atoms with Crippen LogP contribution in [0.2, 0.25) is 0 Å². The summed E-state index contributed by atoms with van der Waals surface area (Å²) in [7, 11) is 0. The van der Waals surface area contributed by atoms with Gasteiger partial charge in [0.05, 0.1) is 5.69 Å². The number of halogens is 1. The Balaban J connectivity index is 1.47. The second-order valence-corrected chi connectivity index (χ2v) is 7.77. The van der Waals surface area contributed by atoms with E-state index in [0.717, 1.165) is 26.9 Å². The Morgan fingerprint density at radius 2 is 1.66 bits per heavy atom. The number of thiocarbonyl (C=S) groups is 1. The maximum atomic E-state index is 12.3. The van der Waals surface area contributed by atoms with Crippen molar-refractivity contribution in [3.05, 3.63) is 82.3 Å². The van der Waals surface area contributed by atoms with Crippen molar-refractivity contribution in [1.29, 1.82) is 0 Å². The Bertz CT molecular complexity index is 1200. The first-order valence-corrected chi connectivity index (χ1v) is 10.0. The lowest BCUT2D eigenvalue weighted by Gasteiger charge is -2.09. The molecule has 8 heteroatoms. The molecule has 0 fully saturated rings. The van der Waals surface area contributed by atoms with Crippen molar-refractivity contribution in [1.82, 2.24) is 20.3 Å². The van der Waals surface area contributed by atoms with Crippen molar-refractivity contribution in [2.45, 2.75) is 6.92 Å². The Hall–Kier alpha value is -3.10. The minimum atomic E-state index is -0.276. The number of anilines is 1. The zero-order valence-corrected chi connectivity index (χ0v) is 17.8. The molecule has 0 saturated heterocycles. The van der Waals surface area contributed by atoms with Gasteiger partial charge < -0.3 is 5.32 Å². The van der Waals surface area contributed by atoms with E-state index in [1.165, 1.54) is 5.56 Å². The molecule has 3 aromatic carbocycles. The molecule has 4 aromatic rings. The summed E-state index contributed by atoms with van der Waals surface area (Å²) in [5.74, 6) is -0.276. The van der Waals surface area contributed by atoms with Crippen LogP contribution in [0.4, 0.5) is 5.69 Å². The van der Waals surface area contributed by atoms with Crippen LogP contribution in [0.5, 0.6) is 0 Å². The fourth-order valence-corrected chi connectivity index (χ4v) is 3.20. The molecule has 2 N–H and O–H groups in total. The zero-order chi connectivity index (χ0) is 20.4. The molecule has 6 nitrogen and oxygen atoms in total. The summed E-state index contributed by atoms with van der Waals surface area (Å²) in [4.78, 5) is 13.9. The quantitative estimate of drug-likeness (QED) is 0.432. The lowest BCUT2D eigenvalue weighted by atomic mass is 10.2. The molecule has 0 atom stereocenters. The van der Waals surface area contributed by atoms with Crippen molar-refractivity contribution in [3.63, 3.8) is 0 Å². The van der Waals surface area contributed by atoms with Crippen molar-refractivity contribution >= 4 is 55.9 Å². The summed E-state index contributed by atoms with van der Waals surface area (Å²) in [6, 6.07) is 20.6. The molecule has 144 valence electrons. The van der Waals surface area contributed by atoms with Crippen LogP contribution in [0.3, 0.4) is 0 Å². The van der Waals surface area contributed by atoms with E-state index >= 15 is 0 Å². The van der Waals surface area contributed by atoms with Gasteiger partial charge in [-0.05, 0) is 73.7 Å². The van der Waals surface area contributed by atoms with Gasteiger partial charge >= 0.3 is 0 Å². The van der Waals surface area contributed by atoms with Gasteiger partial charge in [-0.1, -0.05) is 33.6 Å². The second-order valence-electron chi connectivity index (χ2n) is 6.44. The first kappa shape index (κ1) is 19.2. The van der Waals surface area contributed by atoms with Gasteiger partial charge in [-0.3, -0.25) is 10.1 Å². The van der Waals surface area contributed by atoms with Crippen molar-refractivity contribution in [2.75, 3.05) is 5.32 Å². The molecule has 0 radical (unpaired) electrons. The zero-order valence-electron chi connectivity index (χ0n) is 15.4. The minimum Gasteiger partial charge on any atom is -0.332 e. The number of nitrogens with one attached hydrogen (secondary N) is 2. The Kier molecular flexibility index (Phi) is 5.37. The first-order valence-electron chi connectivity index (χ1n) is 8.80. The standard InChI is InChI=1S/C21H16BrN5OS/c1-13-2-9-17(10-3-13)27-25-18-11-8-16(12-19(18)26-27)23-21(29)24-20(28)14-4-6-15(22)7-5-14/h2-12H,1H3,(H2,23,24,28,29). The van der Waals surface area contributed by atoms with Crippen LogP contribution < -0.4 is 10.6 Å². The smallest absolute Gasteiger partial charge is 0.257 e. The summed E-state index contributed by atoms with van der Waals surface area (Å²) in [6.45, 7) is 2.03. The highest BCUT2D eigenvalue weighted by molar-refractivity contribution is 9.10. The number of aryl methyl sites for hydroxylation is 1. The van der Waals surface area contributed by atoms with E-state index in [4.69, 9.17) is 12.2 Å². The fourth-order valence-electron chi connectivity index (χ4n) is 2.72. The number of fused-ring (bicyclic) bond motifs is 1. The molecule has 0 aliphatic carbocycles. The van der Waals surface area contributed by atoms with E-state index in [2.05, 4.69) is 36.8 Å². The molecule has 1 amide bonds. The third-order valence-electron chi connectivity index (χ3n) is 4.24. The van der Waals surface area contributed by atoms with E-state index in [0.29, 0.717) is 5.56 Å². The van der Waals surface area contributed by atoms with E-state index in [1.54, 1.807) is 29.1 Å². The molecule has 29 heavy (non-hydrogen) atoms. The minimum absolute atomic E-state index is 0.211. The highest BCUT2D eigenvalue weighted by Gasteiger charge is 2.10. The Morgan fingerprint density at radius 1 is 0.966 bits per heavy atom. The highest BCUT2D eigenvalue weighted by Crippen LogP contribution is 2.18. The fraction of sp³-hybridized carbons (Fsp3) is 0.0476. The molecule has 1 heterocycles. The number of rotatable bonds is 3. The van der Waals surface area contributed by atoms with Crippen LogP contribution in [0.15, 0.2) is 71.2 Å². The van der Waals surface area contributed by atoms with Crippen molar-refractivity contribution in [3.8, 4) is 5.69 Å². The molecule has 1 aromatic heterocycles. The van der Waals surface area contributed by atoms with Crippen LogP contribution in [-0.4, -0.2) is 26.0 Å². The summed E-state index contributed by atoms with van der Waals surface area (Å²) in [5, 5.41) is 14.9. The molecule has 0 aliphatic rings. The summed E-state index contributed by atoms with van der Waals surface area (Å²) < 4.78 is 0.904. The Morgan fingerprint density at radius 3 is 2.38 bits per heavy atom. The summed E-state index contributed by atoms with van der Waals surface area (Å²) in [6.07, 6.45) is 0. The number of carbonyl (C=O) groups is 1. The molecule has 0 unspecified atom stereocenters.